The number of allylic oxidation sites excluding steroid dienone is 2. The second-order valence-electron chi connectivity index (χ2n) is 10.1. The molecule has 0 spiro atoms. The van der Waals surface area contributed by atoms with Gasteiger partial charge in [-0.05, 0) is 36.2 Å². The Balaban J connectivity index is 1.58. The predicted octanol–water partition coefficient (Wildman–Crippen LogP) is 9.02. The molecule has 0 heterocycles. The predicted molar refractivity (Wildman–Crippen MR) is 121 cm³/mol. The van der Waals surface area contributed by atoms with Crippen LogP contribution in [0.4, 0.5) is 17.6 Å². The third-order valence-electron chi connectivity index (χ3n) is 7.04. The molecule has 1 atom stereocenters. The maximum atomic E-state index is 15.0. The average molecular weight is 453 g/mol. The standard InChI is InChI=1S/C27H36F4O/c1-20(2)7-6-8-21-11-13-22(14-12-21)15-17-26(32-27(29,30)31)18-16-24(25(28)19-26)23-9-4-3-5-10-23/h3-5,9-10,16,18,20-22H,6-8,11-15,17,19H2,1-2H3. The quantitative estimate of drug-likeness (QED) is 0.340. The summed E-state index contributed by atoms with van der Waals surface area (Å²) in [7, 11) is 0. The SMILES string of the molecule is CC(C)CCCC1CCC(CCC2(OC(F)(F)F)C=CC(c3ccccc3)=C(F)C2)CC1. The van der Waals surface area contributed by atoms with Gasteiger partial charge in [-0.15, -0.1) is 13.2 Å². The highest BCUT2D eigenvalue weighted by Crippen LogP contribution is 2.43. The average Bonchev–Trinajstić information content (AvgIpc) is 2.72. The van der Waals surface area contributed by atoms with Gasteiger partial charge in [-0.25, -0.2) is 4.39 Å². The molecule has 3 rings (SSSR count). The number of alkyl halides is 3. The van der Waals surface area contributed by atoms with Crippen molar-refractivity contribution in [2.24, 2.45) is 17.8 Å². The molecule has 0 radical (unpaired) electrons. The molecule has 1 nitrogen and oxygen atoms in total. The molecule has 1 aromatic carbocycles. The van der Waals surface area contributed by atoms with Gasteiger partial charge in [0, 0.05) is 12.0 Å². The van der Waals surface area contributed by atoms with Gasteiger partial charge in [-0.2, -0.15) is 0 Å². The number of rotatable bonds is 9. The summed E-state index contributed by atoms with van der Waals surface area (Å²) in [6.07, 6.45) is 6.70. The first-order valence-corrected chi connectivity index (χ1v) is 12.1. The Hall–Kier alpha value is -1.62. The van der Waals surface area contributed by atoms with Gasteiger partial charge in [0.05, 0.1) is 0 Å². The first-order valence-electron chi connectivity index (χ1n) is 12.1. The van der Waals surface area contributed by atoms with E-state index in [1.54, 1.807) is 24.3 Å². The van der Waals surface area contributed by atoms with E-state index < -0.39 is 17.8 Å². The Bertz CT molecular complexity index is 773. The fourth-order valence-corrected chi connectivity index (χ4v) is 5.21. The van der Waals surface area contributed by atoms with E-state index in [1.165, 1.54) is 31.4 Å². The summed E-state index contributed by atoms with van der Waals surface area (Å²) >= 11 is 0. The lowest BCUT2D eigenvalue weighted by molar-refractivity contribution is -0.359. The molecular weight excluding hydrogens is 416 g/mol. The van der Waals surface area contributed by atoms with Gasteiger partial charge < -0.3 is 0 Å². The van der Waals surface area contributed by atoms with Crippen LogP contribution >= 0.6 is 0 Å². The second kappa shape index (κ2) is 11.0. The van der Waals surface area contributed by atoms with Crippen molar-refractivity contribution >= 4 is 5.57 Å². The summed E-state index contributed by atoms with van der Waals surface area (Å²) < 4.78 is 59.2. The zero-order valence-electron chi connectivity index (χ0n) is 19.3. The molecule has 0 aromatic heterocycles. The van der Waals surface area contributed by atoms with Gasteiger partial charge in [0.25, 0.3) is 0 Å². The van der Waals surface area contributed by atoms with Gasteiger partial charge in [-0.1, -0.05) is 101 Å². The Morgan fingerprint density at radius 1 is 1.00 bits per heavy atom. The Morgan fingerprint density at radius 3 is 2.19 bits per heavy atom. The van der Waals surface area contributed by atoms with Crippen LogP contribution in [0.1, 0.15) is 83.6 Å². The van der Waals surface area contributed by atoms with Gasteiger partial charge in [0.2, 0.25) is 0 Å². The van der Waals surface area contributed by atoms with Crippen LogP contribution in [0.15, 0.2) is 48.3 Å². The van der Waals surface area contributed by atoms with E-state index in [0.717, 1.165) is 37.5 Å². The van der Waals surface area contributed by atoms with Crippen molar-refractivity contribution in [3.8, 4) is 0 Å². The Morgan fingerprint density at radius 2 is 1.62 bits per heavy atom. The van der Waals surface area contributed by atoms with Crippen LogP contribution < -0.4 is 0 Å². The molecule has 1 aromatic rings. The third kappa shape index (κ3) is 7.47. The highest BCUT2D eigenvalue weighted by molar-refractivity contribution is 5.77. The lowest BCUT2D eigenvalue weighted by Gasteiger charge is -2.36. The largest absolute Gasteiger partial charge is 0.523 e. The molecular formula is C27H36F4O. The van der Waals surface area contributed by atoms with E-state index in [4.69, 9.17) is 0 Å². The van der Waals surface area contributed by atoms with E-state index in [1.807, 2.05) is 6.07 Å². The minimum absolute atomic E-state index is 0.182. The zero-order chi connectivity index (χ0) is 23.2. The van der Waals surface area contributed by atoms with Crippen molar-refractivity contribution in [2.75, 3.05) is 0 Å². The van der Waals surface area contributed by atoms with Crippen LogP contribution in [0, 0.1) is 17.8 Å². The van der Waals surface area contributed by atoms with Crippen molar-refractivity contribution in [1.29, 1.82) is 0 Å². The molecule has 1 fully saturated rings. The molecule has 2 aliphatic carbocycles. The first-order chi connectivity index (χ1) is 15.2. The smallest absolute Gasteiger partial charge is 0.281 e. The zero-order valence-corrected chi connectivity index (χ0v) is 19.3. The van der Waals surface area contributed by atoms with Crippen LogP contribution in [-0.2, 0) is 4.74 Å². The fourth-order valence-electron chi connectivity index (χ4n) is 5.21. The number of hydrogen-bond donors (Lipinski definition) is 0. The van der Waals surface area contributed by atoms with Crippen molar-refractivity contribution < 1.29 is 22.3 Å². The Labute approximate surface area is 189 Å². The van der Waals surface area contributed by atoms with Gasteiger partial charge >= 0.3 is 6.36 Å². The molecule has 1 unspecified atom stereocenters. The topological polar surface area (TPSA) is 9.23 Å². The maximum Gasteiger partial charge on any atom is 0.523 e. The van der Waals surface area contributed by atoms with Crippen LogP contribution in [0.5, 0.6) is 0 Å². The molecule has 0 saturated heterocycles. The summed E-state index contributed by atoms with van der Waals surface area (Å²) in [5.41, 5.74) is -0.652. The van der Waals surface area contributed by atoms with Crippen molar-refractivity contribution in [1.82, 2.24) is 0 Å². The number of benzene rings is 1. The molecule has 2 aliphatic rings. The van der Waals surface area contributed by atoms with Gasteiger partial charge in [0.1, 0.15) is 11.4 Å². The number of ether oxygens (including phenoxy) is 1. The van der Waals surface area contributed by atoms with Crippen LogP contribution in [0.25, 0.3) is 5.57 Å². The normalized spacial score (nSPS) is 26.7. The second-order valence-corrected chi connectivity index (χ2v) is 10.1. The van der Waals surface area contributed by atoms with E-state index >= 15 is 0 Å². The molecule has 0 N–H and O–H groups in total. The third-order valence-corrected chi connectivity index (χ3v) is 7.04. The fraction of sp³-hybridized carbons (Fsp3) is 0.630. The minimum Gasteiger partial charge on any atom is -0.281 e. The molecule has 32 heavy (non-hydrogen) atoms. The van der Waals surface area contributed by atoms with Crippen LogP contribution in [0.3, 0.4) is 0 Å². The Kier molecular flexibility index (Phi) is 8.60. The van der Waals surface area contributed by atoms with E-state index in [2.05, 4.69) is 18.6 Å². The highest BCUT2D eigenvalue weighted by Gasteiger charge is 2.44. The van der Waals surface area contributed by atoms with Crippen LogP contribution in [0.2, 0.25) is 0 Å². The number of hydrogen-bond acceptors (Lipinski definition) is 1. The molecule has 0 amide bonds. The molecule has 0 bridgehead atoms. The summed E-state index contributed by atoms with van der Waals surface area (Å²) in [6.45, 7) is 4.49. The summed E-state index contributed by atoms with van der Waals surface area (Å²) in [5.74, 6) is 1.32. The van der Waals surface area contributed by atoms with Crippen molar-refractivity contribution in [3.63, 3.8) is 0 Å². The monoisotopic (exact) mass is 452 g/mol. The van der Waals surface area contributed by atoms with Crippen molar-refractivity contribution in [2.45, 2.75) is 90.0 Å². The molecule has 5 heteroatoms. The summed E-state index contributed by atoms with van der Waals surface area (Å²) in [5, 5.41) is 0. The summed E-state index contributed by atoms with van der Waals surface area (Å²) in [6, 6.07) is 8.92. The van der Waals surface area contributed by atoms with Crippen molar-refractivity contribution in [3.05, 3.63) is 53.9 Å². The lowest BCUT2D eigenvalue weighted by Crippen LogP contribution is -2.38. The molecule has 1 saturated carbocycles. The summed E-state index contributed by atoms with van der Waals surface area (Å²) in [4.78, 5) is 0. The molecule has 178 valence electrons. The van der Waals surface area contributed by atoms with E-state index in [-0.39, 0.29) is 12.8 Å². The first kappa shape index (κ1) is 25.0. The molecule has 0 aliphatic heterocycles. The van der Waals surface area contributed by atoms with E-state index in [9.17, 15) is 17.6 Å². The van der Waals surface area contributed by atoms with Gasteiger partial charge in [0.15, 0.2) is 0 Å². The van der Waals surface area contributed by atoms with E-state index in [0.29, 0.717) is 23.5 Å². The maximum absolute atomic E-state index is 15.0. The highest BCUT2D eigenvalue weighted by atomic mass is 19.4. The van der Waals surface area contributed by atoms with Gasteiger partial charge in [-0.3, -0.25) is 4.74 Å². The minimum atomic E-state index is -4.80. The van der Waals surface area contributed by atoms with Crippen LogP contribution in [-0.4, -0.2) is 12.0 Å². The lowest BCUT2D eigenvalue weighted by atomic mass is 9.75. The number of halogens is 4.